The number of hydrogen-bond acceptors (Lipinski definition) is 6. The molecule has 174 valence electrons. The smallest absolute Gasteiger partial charge is 0.268 e. The Morgan fingerprint density at radius 2 is 2.09 bits per heavy atom. The molecule has 1 unspecified atom stereocenters. The van der Waals surface area contributed by atoms with Crippen LogP contribution in [0.3, 0.4) is 0 Å². The first kappa shape index (κ1) is 21.9. The fraction of sp³-hybridized carbons (Fsp3) is 0.440. The summed E-state index contributed by atoms with van der Waals surface area (Å²) in [6.07, 6.45) is 1.33. The van der Waals surface area contributed by atoms with Crippen LogP contribution in [0.2, 0.25) is 0 Å². The third-order valence-electron chi connectivity index (χ3n) is 6.83. The number of fused-ring (bicyclic) bond motifs is 2. The molecule has 5 rings (SSSR count). The number of methoxy groups -OCH3 is 1. The number of nitrogens with zero attached hydrogens (tertiary/aromatic N) is 1. The number of ether oxygens (including phenoxy) is 2. The van der Waals surface area contributed by atoms with Gasteiger partial charge in [-0.25, -0.2) is 0 Å². The van der Waals surface area contributed by atoms with E-state index < -0.39 is 11.7 Å². The summed E-state index contributed by atoms with van der Waals surface area (Å²) in [5.74, 6) is 0.0315. The SMILES string of the molecule is COC1CC2(C1)Oc1ccc(C(=O)NCC(O)CN3CCc4ccccc4C3)cc1NC2=O. The van der Waals surface area contributed by atoms with Gasteiger partial charge in [-0.15, -0.1) is 0 Å². The predicted octanol–water partition coefficient (Wildman–Crippen LogP) is 1.71. The van der Waals surface area contributed by atoms with Crippen LogP contribution < -0.4 is 15.4 Å². The van der Waals surface area contributed by atoms with Gasteiger partial charge in [0, 0.05) is 51.7 Å². The summed E-state index contributed by atoms with van der Waals surface area (Å²) in [6, 6.07) is 13.3. The van der Waals surface area contributed by atoms with E-state index in [0.29, 0.717) is 36.4 Å². The molecule has 1 atom stereocenters. The Labute approximate surface area is 192 Å². The molecule has 3 aliphatic rings. The van der Waals surface area contributed by atoms with E-state index in [9.17, 15) is 14.7 Å². The van der Waals surface area contributed by atoms with Gasteiger partial charge in [0.25, 0.3) is 11.8 Å². The standard InChI is InChI=1S/C25H29N3O5/c1-32-20-11-25(12-20)24(31)27-21-10-17(6-7-22(21)33-25)23(30)26-13-19(29)15-28-9-8-16-4-2-3-5-18(16)14-28/h2-7,10,19-20,29H,8-9,11-15H2,1H3,(H,26,30)(H,27,31). The normalized spacial score (nSPS) is 24.7. The lowest BCUT2D eigenvalue weighted by atomic mass is 9.75. The van der Waals surface area contributed by atoms with Crippen molar-refractivity contribution < 1.29 is 24.2 Å². The van der Waals surface area contributed by atoms with Crippen molar-refractivity contribution in [3.63, 3.8) is 0 Å². The molecule has 1 saturated carbocycles. The molecule has 8 nitrogen and oxygen atoms in total. The van der Waals surface area contributed by atoms with E-state index >= 15 is 0 Å². The molecule has 2 aromatic carbocycles. The van der Waals surface area contributed by atoms with E-state index in [4.69, 9.17) is 9.47 Å². The second kappa shape index (κ2) is 8.78. The highest BCUT2D eigenvalue weighted by Gasteiger charge is 2.55. The van der Waals surface area contributed by atoms with E-state index in [2.05, 4.69) is 33.7 Å². The molecule has 0 aromatic heterocycles. The van der Waals surface area contributed by atoms with Crippen LogP contribution in [0, 0.1) is 0 Å². The van der Waals surface area contributed by atoms with Crippen LogP contribution in [0.4, 0.5) is 5.69 Å². The van der Waals surface area contributed by atoms with Gasteiger partial charge in [-0.05, 0) is 35.7 Å². The Kier molecular flexibility index (Phi) is 5.82. The highest BCUT2D eigenvalue weighted by molar-refractivity contribution is 6.03. The molecule has 33 heavy (non-hydrogen) atoms. The lowest BCUT2D eigenvalue weighted by Gasteiger charge is -2.47. The van der Waals surface area contributed by atoms with Gasteiger partial charge in [0.05, 0.1) is 17.9 Å². The number of anilines is 1. The van der Waals surface area contributed by atoms with E-state index in [0.717, 1.165) is 19.5 Å². The summed E-state index contributed by atoms with van der Waals surface area (Å²) in [5.41, 5.74) is 2.65. The molecule has 1 fully saturated rings. The van der Waals surface area contributed by atoms with Crippen molar-refractivity contribution in [2.75, 3.05) is 32.1 Å². The van der Waals surface area contributed by atoms with Gasteiger partial charge in [-0.2, -0.15) is 0 Å². The second-order valence-corrected chi connectivity index (χ2v) is 9.15. The maximum atomic E-state index is 12.6. The fourth-order valence-corrected chi connectivity index (χ4v) is 4.85. The minimum atomic E-state index is -0.878. The third kappa shape index (κ3) is 4.34. The van der Waals surface area contributed by atoms with Crippen molar-refractivity contribution in [2.45, 2.75) is 43.6 Å². The summed E-state index contributed by atoms with van der Waals surface area (Å²) >= 11 is 0. The van der Waals surface area contributed by atoms with Crippen molar-refractivity contribution in [1.29, 1.82) is 0 Å². The van der Waals surface area contributed by atoms with Crippen LogP contribution in [0.1, 0.15) is 34.3 Å². The van der Waals surface area contributed by atoms with Gasteiger partial charge in [-0.3, -0.25) is 14.5 Å². The maximum Gasteiger partial charge on any atom is 0.268 e. The first-order chi connectivity index (χ1) is 16.0. The lowest BCUT2D eigenvalue weighted by Crippen LogP contribution is -2.61. The molecule has 2 amide bonds. The first-order valence-electron chi connectivity index (χ1n) is 11.4. The number of benzene rings is 2. The Bertz CT molecular complexity index is 1070. The van der Waals surface area contributed by atoms with Crippen molar-refractivity contribution in [1.82, 2.24) is 10.2 Å². The summed E-state index contributed by atoms with van der Waals surface area (Å²) in [7, 11) is 1.62. The number of aliphatic hydroxyl groups is 1. The van der Waals surface area contributed by atoms with E-state index in [-0.39, 0.29) is 24.5 Å². The Hall–Kier alpha value is -2.94. The number of amides is 2. The van der Waals surface area contributed by atoms with Crippen LogP contribution in [0.15, 0.2) is 42.5 Å². The van der Waals surface area contributed by atoms with Crippen molar-refractivity contribution in [3.05, 3.63) is 59.2 Å². The minimum Gasteiger partial charge on any atom is -0.475 e. The zero-order chi connectivity index (χ0) is 23.0. The molecule has 2 heterocycles. The van der Waals surface area contributed by atoms with Gasteiger partial charge in [0.15, 0.2) is 5.60 Å². The second-order valence-electron chi connectivity index (χ2n) is 9.15. The minimum absolute atomic E-state index is 0.0217. The highest BCUT2D eigenvalue weighted by atomic mass is 16.5. The summed E-state index contributed by atoms with van der Waals surface area (Å²) in [5, 5.41) is 16.1. The maximum absolute atomic E-state index is 12.6. The van der Waals surface area contributed by atoms with Crippen LogP contribution in [-0.4, -0.2) is 66.4 Å². The summed E-state index contributed by atoms with van der Waals surface area (Å²) < 4.78 is 11.2. The molecule has 1 aliphatic carbocycles. The Balaban J connectivity index is 1.14. The van der Waals surface area contributed by atoms with Gasteiger partial charge < -0.3 is 25.2 Å². The van der Waals surface area contributed by atoms with Gasteiger partial charge in [0.2, 0.25) is 0 Å². The topological polar surface area (TPSA) is 100 Å². The Morgan fingerprint density at radius 1 is 1.30 bits per heavy atom. The number of hydrogen-bond donors (Lipinski definition) is 3. The van der Waals surface area contributed by atoms with Crippen molar-refractivity contribution in [3.8, 4) is 5.75 Å². The molecular formula is C25H29N3O5. The summed E-state index contributed by atoms with van der Waals surface area (Å²) in [6.45, 7) is 2.34. The van der Waals surface area contributed by atoms with Crippen molar-refractivity contribution in [2.24, 2.45) is 0 Å². The van der Waals surface area contributed by atoms with E-state index in [1.54, 1.807) is 25.3 Å². The van der Waals surface area contributed by atoms with Crippen LogP contribution in [0.25, 0.3) is 0 Å². The van der Waals surface area contributed by atoms with Gasteiger partial charge >= 0.3 is 0 Å². The van der Waals surface area contributed by atoms with Gasteiger partial charge in [-0.1, -0.05) is 24.3 Å². The molecule has 3 N–H and O–H groups in total. The van der Waals surface area contributed by atoms with E-state index in [1.807, 2.05) is 6.07 Å². The number of β-amino-alcohol motifs (C(OH)–C–C–N with tert-alkyl or cyclic N) is 1. The molecule has 0 saturated heterocycles. The lowest BCUT2D eigenvalue weighted by molar-refractivity contribution is -0.156. The van der Waals surface area contributed by atoms with Crippen LogP contribution in [-0.2, 0) is 22.5 Å². The first-order valence-corrected chi connectivity index (χ1v) is 11.4. The van der Waals surface area contributed by atoms with Gasteiger partial charge in [0.1, 0.15) is 5.75 Å². The zero-order valence-electron chi connectivity index (χ0n) is 18.7. The molecule has 2 aliphatic heterocycles. The Morgan fingerprint density at radius 3 is 2.88 bits per heavy atom. The average Bonchev–Trinajstić information content (AvgIpc) is 2.80. The number of nitrogens with one attached hydrogen (secondary N) is 2. The molecule has 0 radical (unpaired) electrons. The summed E-state index contributed by atoms with van der Waals surface area (Å²) in [4.78, 5) is 27.4. The number of carbonyl (C=O) groups excluding carboxylic acids is 2. The average molecular weight is 452 g/mol. The van der Waals surface area contributed by atoms with Crippen molar-refractivity contribution >= 4 is 17.5 Å². The molecule has 2 aromatic rings. The molecule has 1 spiro atoms. The van der Waals surface area contributed by atoms with E-state index in [1.165, 1.54) is 11.1 Å². The number of aliphatic hydroxyl groups excluding tert-OH is 1. The zero-order valence-corrected chi connectivity index (χ0v) is 18.7. The monoisotopic (exact) mass is 451 g/mol. The highest BCUT2D eigenvalue weighted by Crippen LogP contribution is 2.44. The number of carbonyl (C=O) groups is 2. The number of rotatable bonds is 6. The van der Waals surface area contributed by atoms with Crippen LogP contribution >= 0.6 is 0 Å². The van der Waals surface area contributed by atoms with Crippen LogP contribution in [0.5, 0.6) is 5.75 Å². The molecular weight excluding hydrogens is 422 g/mol. The third-order valence-corrected chi connectivity index (χ3v) is 6.83. The quantitative estimate of drug-likeness (QED) is 0.619. The largest absolute Gasteiger partial charge is 0.475 e. The fourth-order valence-electron chi connectivity index (χ4n) is 4.85. The predicted molar refractivity (Wildman–Crippen MR) is 122 cm³/mol. The molecule has 8 heteroatoms. The molecule has 0 bridgehead atoms.